The minimum absolute atomic E-state index is 0.263. The summed E-state index contributed by atoms with van der Waals surface area (Å²) in [5.41, 5.74) is 6.48. The van der Waals surface area contributed by atoms with E-state index in [1.54, 1.807) is 6.20 Å². The van der Waals surface area contributed by atoms with Crippen LogP contribution in [-0.4, -0.2) is 28.2 Å². The lowest BCUT2D eigenvalue weighted by molar-refractivity contribution is 0.283. The molecule has 4 N–H and O–H groups in total. The first kappa shape index (κ1) is 11.7. The molecular weight excluding hydrogens is 192 g/mol. The maximum Gasteiger partial charge on any atom is 0.221 e. The molecule has 0 fully saturated rings. The zero-order valence-corrected chi connectivity index (χ0v) is 9.03. The Morgan fingerprint density at radius 1 is 1.40 bits per heavy atom. The van der Waals surface area contributed by atoms with E-state index in [4.69, 9.17) is 10.8 Å². The molecule has 5 nitrogen and oxygen atoms in total. The predicted molar refractivity (Wildman–Crippen MR) is 60.6 cm³/mol. The van der Waals surface area contributed by atoms with Crippen molar-refractivity contribution in [3.8, 4) is 0 Å². The van der Waals surface area contributed by atoms with E-state index in [2.05, 4.69) is 15.3 Å². The Hall–Kier alpha value is -1.36. The largest absolute Gasteiger partial charge is 0.396 e. The van der Waals surface area contributed by atoms with Crippen LogP contribution in [0.15, 0.2) is 6.20 Å². The number of rotatable bonds is 6. The SMILES string of the molecule is Cc1cnc(N)nc1NCCCCCO. The van der Waals surface area contributed by atoms with Crippen LogP contribution >= 0.6 is 0 Å². The van der Waals surface area contributed by atoms with Crippen LogP contribution in [0.1, 0.15) is 24.8 Å². The molecule has 0 aliphatic carbocycles. The van der Waals surface area contributed by atoms with Gasteiger partial charge in [0.05, 0.1) is 0 Å². The summed E-state index contributed by atoms with van der Waals surface area (Å²) >= 11 is 0. The number of nitrogens with zero attached hydrogens (tertiary/aromatic N) is 2. The third-order valence-electron chi connectivity index (χ3n) is 2.12. The fourth-order valence-electron chi connectivity index (χ4n) is 1.26. The average Bonchev–Trinajstić information content (AvgIpc) is 2.23. The molecule has 0 radical (unpaired) electrons. The summed E-state index contributed by atoms with van der Waals surface area (Å²) in [7, 11) is 0. The molecule has 0 aliphatic rings. The zero-order chi connectivity index (χ0) is 11.1. The quantitative estimate of drug-likeness (QED) is 0.609. The second-order valence-electron chi connectivity index (χ2n) is 3.47. The van der Waals surface area contributed by atoms with Gasteiger partial charge in [-0.1, -0.05) is 0 Å². The lowest BCUT2D eigenvalue weighted by atomic mass is 10.2. The van der Waals surface area contributed by atoms with Crippen molar-refractivity contribution in [2.45, 2.75) is 26.2 Å². The number of unbranched alkanes of at least 4 members (excludes halogenated alkanes) is 2. The van der Waals surface area contributed by atoms with E-state index in [1.807, 2.05) is 6.92 Å². The van der Waals surface area contributed by atoms with Crippen LogP contribution in [0.3, 0.4) is 0 Å². The summed E-state index contributed by atoms with van der Waals surface area (Å²) in [4.78, 5) is 7.99. The van der Waals surface area contributed by atoms with Crippen LogP contribution in [0, 0.1) is 6.92 Å². The van der Waals surface area contributed by atoms with Gasteiger partial charge in [0.1, 0.15) is 5.82 Å². The molecular formula is C10H18N4O. The number of nitrogen functional groups attached to an aromatic ring is 1. The number of aliphatic hydroxyl groups is 1. The van der Waals surface area contributed by atoms with Crippen molar-refractivity contribution in [1.29, 1.82) is 0 Å². The summed E-state index contributed by atoms with van der Waals surface area (Å²) < 4.78 is 0. The third kappa shape index (κ3) is 4.12. The number of aryl methyl sites for hydroxylation is 1. The van der Waals surface area contributed by atoms with E-state index in [-0.39, 0.29) is 6.61 Å². The van der Waals surface area contributed by atoms with E-state index in [9.17, 15) is 0 Å². The van der Waals surface area contributed by atoms with Crippen molar-refractivity contribution in [3.63, 3.8) is 0 Å². The van der Waals surface area contributed by atoms with Gasteiger partial charge in [0.2, 0.25) is 5.95 Å². The molecule has 1 aromatic rings. The Kier molecular flexibility index (Phi) is 4.83. The Morgan fingerprint density at radius 3 is 2.93 bits per heavy atom. The van der Waals surface area contributed by atoms with E-state index in [1.165, 1.54) is 0 Å². The van der Waals surface area contributed by atoms with Crippen molar-refractivity contribution >= 4 is 11.8 Å². The van der Waals surface area contributed by atoms with Crippen LogP contribution in [0.5, 0.6) is 0 Å². The van der Waals surface area contributed by atoms with Gasteiger partial charge in [-0.15, -0.1) is 0 Å². The molecule has 5 heteroatoms. The molecule has 1 heterocycles. The fraction of sp³-hybridized carbons (Fsp3) is 0.600. The van der Waals surface area contributed by atoms with Crippen molar-refractivity contribution < 1.29 is 5.11 Å². The van der Waals surface area contributed by atoms with Crippen molar-refractivity contribution in [2.24, 2.45) is 0 Å². The second-order valence-corrected chi connectivity index (χ2v) is 3.47. The first-order chi connectivity index (χ1) is 7.24. The van der Waals surface area contributed by atoms with Crippen LogP contribution in [-0.2, 0) is 0 Å². The summed E-state index contributed by atoms with van der Waals surface area (Å²) in [5.74, 6) is 1.09. The maximum atomic E-state index is 8.61. The van der Waals surface area contributed by atoms with Gasteiger partial charge in [0.25, 0.3) is 0 Å². The van der Waals surface area contributed by atoms with Crippen LogP contribution < -0.4 is 11.1 Å². The Balaban J connectivity index is 2.33. The predicted octanol–water partition coefficient (Wildman–Crippen LogP) is 0.942. The first-order valence-corrected chi connectivity index (χ1v) is 5.18. The molecule has 0 saturated carbocycles. The lowest BCUT2D eigenvalue weighted by Gasteiger charge is -2.07. The van der Waals surface area contributed by atoms with Gasteiger partial charge in [-0.25, -0.2) is 4.98 Å². The molecule has 0 spiro atoms. The van der Waals surface area contributed by atoms with E-state index >= 15 is 0 Å². The summed E-state index contributed by atoms with van der Waals surface area (Å²) in [6.07, 6.45) is 4.60. The number of nitrogens with two attached hydrogens (primary N) is 1. The molecule has 0 atom stereocenters. The summed E-state index contributed by atoms with van der Waals surface area (Å²) in [5, 5.41) is 11.8. The van der Waals surface area contributed by atoms with Crippen LogP contribution in [0.4, 0.5) is 11.8 Å². The first-order valence-electron chi connectivity index (χ1n) is 5.18. The smallest absolute Gasteiger partial charge is 0.221 e. The third-order valence-corrected chi connectivity index (χ3v) is 2.12. The molecule has 0 aromatic carbocycles. The molecule has 0 amide bonds. The molecule has 0 unspecified atom stereocenters. The number of aliphatic hydroxyl groups excluding tert-OH is 1. The molecule has 1 aromatic heterocycles. The Labute approximate surface area is 89.7 Å². The van der Waals surface area contributed by atoms with Crippen molar-refractivity contribution in [2.75, 3.05) is 24.2 Å². The second kappa shape index (κ2) is 6.19. The Bertz CT molecular complexity index is 303. The van der Waals surface area contributed by atoms with E-state index < -0.39 is 0 Å². The number of nitrogens with one attached hydrogen (secondary N) is 1. The highest BCUT2D eigenvalue weighted by Gasteiger charge is 2.00. The van der Waals surface area contributed by atoms with Gasteiger partial charge in [-0.05, 0) is 26.2 Å². The highest BCUT2D eigenvalue weighted by molar-refractivity contribution is 5.44. The molecule has 15 heavy (non-hydrogen) atoms. The number of aromatic nitrogens is 2. The van der Waals surface area contributed by atoms with Crippen LogP contribution in [0.2, 0.25) is 0 Å². The lowest BCUT2D eigenvalue weighted by Crippen LogP contribution is -2.07. The standard InChI is InChI=1S/C10H18N4O/c1-8-7-13-10(11)14-9(8)12-5-3-2-4-6-15/h7,15H,2-6H2,1H3,(H3,11,12,13,14). The highest BCUT2D eigenvalue weighted by Crippen LogP contribution is 2.10. The van der Waals surface area contributed by atoms with Gasteiger partial charge in [-0.2, -0.15) is 4.98 Å². The number of anilines is 2. The number of hydrogen-bond acceptors (Lipinski definition) is 5. The monoisotopic (exact) mass is 210 g/mol. The van der Waals surface area contributed by atoms with Gasteiger partial charge < -0.3 is 16.2 Å². The maximum absolute atomic E-state index is 8.61. The van der Waals surface area contributed by atoms with Gasteiger partial charge in [0.15, 0.2) is 0 Å². The molecule has 0 saturated heterocycles. The summed E-state index contributed by atoms with van der Waals surface area (Å²) in [6.45, 7) is 3.05. The minimum Gasteiger partial charge on any atom is -0.396 e. The average molecular weight is 210 g/mol. The van der Waals surface area contributed by atoms with Crippen molar-refractivity contribution in [1.82, 2.24) is 9.97 Å². The zero-order valence-electron chi connectivity index (χ0n) is 9.03. The fourth-order valence-corrected chi connectivity index (χ4v) is 1.26. The van der Waals surface area contributed by atoms with Crippen molar-refractivity contribution in [3.05, 3.63) is 11.8 Å². The molecule has 1 rings (SSSR count). The topological polar surface area (TPSA) is 84.1 Å². The Morgan fingerprint density at radius 2 is 2.20 bits per heavy atom. The molecule has 0 aliphatic heterocycles. The van der Waals surface area contributed by atoms with E-state index in [0.29, 0.717) is 5.95 Å². The van der Waals surface area contributed by atoms with Crippen LogP contribution in [0.25, 0.3) is 0 Å². The normalized spacial score (nSPS) is 10.3. The van der Waals surface area contributed by atoms with E-state index in [0.717, 1.165) is 37.2 Å². The molecule has 84 valence electrons. The highest BCUT2D eigenvalue weighted by atomic mass is 16.2. The number of hydrogen-bond donors (Lipinski definition) is 3. The molecule has 0 bridgehead atoms. The minimum atomic E-state index is 0.263. The van der Waals surface area contributed by atoms with Gasteiger partial charge >= 0.3 is 0 Å². The summed E-state index contributed by atoms with van der Waals surface area (Å²) in [6, 6.07) is 0. The van der Waals surface area contributed by atoms with Gasteiger partial charge in [-0.3, -0.25) is 0 Å². The van der Waals surface area contributed by atoms with Gasteiger partial charge in [0, 0.05) is 24.9 Å².